The van der Waals surface area contributed by atoms with Crippen molar-refractivity contribution in [2.24, 2.45) is 7.05 Å². The van der Waals surface area contributed by atoms with E-state index in [4.69, 9.17) is 4.74 Å². The van der Waals surface area contributed by atoms with E-state index in [1.54, 1.807) is 30.1 Å². The number of aromatic nitrogens is 2. The van der Waals surface area contributed by atoms with Gasteiger partial charge in [-0.2, -0.15) is 0 Å². The van der Waals surface area contributed by atoms with Crippen molar-refractivity contribution in [3.63, 3.8) is 0 Å². The van der Waals surface area contributed by atoms with E-state index in [2.05, 4.69) is 32.7 Å². The maximum Gasteiger partial charge on any atom is 0.253 e. The highest BCUT2D eigenvalue weighted by atomic mass is 32.1. The molecule has 0 radical (unpaired) electrons. The Bertz CT molecular complexity index is 1090. The van der Waals surface area contributed by atoms with Crippen molar-refractivity contribution in [2.45, 2.75) is 18.9 Å². The molecule has 4 rings (SSSR count). The highest BCUT2D eigenvalue weighted by Crippen LogP contribution is 2.29. The fraction of sp³-hybridized carbons (Fsp3) is 0.348. The van der Waals surface area contributed by atoms with E-state index >= 15 is 0 Å². The first-order valence-corrected chi connectivity index (χ1v) is 11.4. The van der Waals surface area contributed by atoms with Crippen LogP contribution in [0.2, 0.25) is 0 Å². The second kappa shape index (κ2) is 9.97. The van der Waals surface area contributed by atoms with Crippen LogP contribution in [0.4, 0.5) is 10.8 Å². The number of methoxy groups -OCH3 is 1. The summed E-state index contributed by atoms with van der Waals surface area (Å²) in [6.07, 6.45) is 5.94. The standard InChI is InChI=1S/C23H27N5O3S/c1-27-10-8-17(13-27)22(30)24-12-21(29)26-23-25-20(15-32-23)16-5-3-6-18(11-16)28-9-4-7-19(14-28)31-2/h3,5-6,8,10-11,13,15,19H,4,7,9,12,14H2,1-2H3,(H,24,30)(H,25,26,29)/t19-/m0/s1. The first-order chi connectivity index (χ1) is 15.5. The maximum absolute atomic E-state index is 12.2. The number of ether oxygens (including phenoxy) is 1. The molecule has 0 spiro atoms. The number of aryl methyl sites for hydroxylation is 1. The molecule has 3 aromatic rings. The van der Waals surface area contributed by atoms with Crippen LogP contribution < -0.4 is 15.5 Å². The molecule has 1 fully saturated rings. The fourth-order valence-electron chi connectivity index (χ4n) is 3.75. The largest absolute Gasteiger partial charge is 0.380 e. The van der Waals surface area contributed by atoms with Crippen LogP contribution in [0.5, 0.6) is 0 Å². The van der Waals surface area contributed by atoms with Crippen molar-refractivity contribution in [3.8, 4) is 11.3 Å². The van der Waals surface area contributed by atoms with Gasteiger partial charge in [0.05, 0.1) is 23.9 Å². The van der Waals surface area contributed by atoms with E-state index < -0.39 is 0 Å². The van der Waals surface area contributed by atoms with Crippen LogP contribution in [-0.2, 0) is 16.6 Å². The zero-order valence-corrected chi connectivity index (χ0v) is 19.0. The first kappa shape index (κ1) is 22.0. The summed E-state index contributed by atoms with van der Waals surface area (Å²) in [5.74, 6) is -0.603. The molecule has 0 bridgehead atoms. The summed E-state index contributed by atoms with van der Waals surface area (Å²) in [5.41, 5.74) is 3.46. The lowest BCUT2D eigenvalue weighted by molar-refractivity contribution is -0.115. The molecule has 0 saturated carbocycles. The van der Waals surface area contributed by atoms with Crippen molar-refractivity contribution in [1.29, 1.82) is 0 Å². The van der Waals surface area contributed by atoms with Crippen molar-refractivity contribution < 1.29 is 14.3 Å². The molecule has 2 amide bonds. The van der Waals surface area contributed by atoms with Gasteiger partial charge in [-0.15, -0.1) is 11.3 Å². The van der Waals surface area contributed by atoms with Gasteiger partial charge in [0.2, 0.25) is 5.91 Å². The topological polar surface area (TPSA) is 88.5 Å². The number of thiazole rings is 1. The normalized spacial score (nSPS) is 16.1. The predicted octanol–water partition coefficient (Wildman–Crippen LogP) is 3.13. The minimum absolute atomic E-state index is 0.117. The number of piperidine rings is 1. The van der Waals surface area contributed by atoms with Gasteiger partial charge in [-0.1, -0.05) is 12.1 Å². The van der Waals surface area contributed by atoms with Gasteiger partial charge < -0.3 is 24.8 Å². The Morgan fingerprint density at radius 3 is 2.97 bits per heavy atom. The Kier molecular flexibility index (Phi) is 6.87. The molecule has 9 heteroatoms. The van der Waals surface area contributed by atoms with E-state index in [9.17, 15) is 9.59 Å². The SMILES string of the molecule is CO[C@H]1CCCN(c2cccc(-c3csc(NC(=O)CNC(=O)c4ccn(C)c4)n3)c2)C1. The second-order valence-corrected chi connectivity index (χ2v) is 8.69. The molecule has 1 atom stereocenters. The number of hydrogen-bond donors (Lipinski definition) is 2. The smallest absolute Gasteiger partial charge is 0.253 e. The molecule has 1 aliphatic rings. The number of carbonyl (C=O) groups is 2. The molecule has 2 N–H and O–H groups in total. The molecule has 32 heavy (non-hydrogen) atoms. The summed E-state index contributed by atoms with van der Waals surface area (Å²) in [6, 6.07) is 9.97. The molecule has 8 nitrogen and oxygen atoms in total. The number of nitrogens with one attached hydrogen (secondary N) is 2. The first-order valence-electron chi connectivity index (χ1n) is 10.6. The summed E-state index contributed by atoms with van der Waals surface area (Å²) in [4.78, 5) is 31.2. The lowest BCUT2D eigenvalue weighted by Gasteiger charge is -2.33. The third-order valence-electron chi connectivity index (χ3n) is 5.47. The van der Waals surface area contributed by atoms with Crippen LogP contribution in [0.15, 0.2) is 48.1 Å². The molecule has 1 aromatic carbocycles. The minimum Gasteiger partial charge on any atom is -0.380 e. The molecular formula is C23H27N5O3S. The minimum atomic E-state index is -0.317. The Morgan fingerprint density at radius 2 is 2.19 bits per heavy atom. The van der Waals surface area contributed by atoms with Crippen molar-refractivity contribution in [3.05, 3.63) is 53.7 Å². The summed E-state index contributed by atoms with van der Waals surface area (Å²) < 4.78 is 7.32. The van der Waals surface area contributed by atoms with Gasteiger partial charge in [-0.05, 0) is 31.0 Å². The van der Waals surface area contributed by atoms with Crippen molar-refractivity contribution >= 4 is 34.0 Å². The van der Waals surface area contributed by atoms with Crippen molar-refractivity contribution in [2.75, 3.05) is 37.0 Å². The van der Waals surface area contributed by atoms with Gasteiger partial charge in [0.15, 0.2) is 5.13 Å². The average Bonchev–Trinajstić information content (AvgIpc) is 3.47. The second-order valence-electron chi connectivity index (χ2n) is 7.83. The zero-order chi connectivity index (χ0) is 22.5. The van der Waals surface area contributed by atoms with Crippen LogP contribution >= 0.6 is 11.3 Å². The molecule has 1 saturated heterocycles. The van der Waals surface area contributed by atoms with Crippen LogP contribution in [-0.4, -0.2) is 54.2 Å². The zero-order valence-electron chi connectivity index (χ0n) is 18.2. The molecule has 0 unspecified atom stereocenters. The monoisotopic (exact) mass is 453 g/mol. The number of nitrogens with zero attached hydrogens (tertiary/aromatic N) is 3. The number of carbonyl (C=O) groups excluding carboxylic acids is 2. The summed E-state index contributed by atoms with van der Waals surface area (Å²) in [7, 11) is 3.60. The van der Waals surface area contributed by atoms with Crippen LogP contribution in [0.25, 0.3) is 11.3 Å². The quantitative estimate of drug-likeness (QED) is 0.574. The fourth-order valence-corrected chi connectivity index (χ4v) is 4.49. The Hall–Kier alpha value is -3.17. The van der Waals surface area contributed by atoms with Gasteiger partial charge in [0.25, 0.3) is 5.91 Å². The third kappa shape index (κ3) is 5.35. The van der Waals surface area contributed by atoms with Gasteiger partial charge in [-0.3, -0.25) is 9.59 Å². The molecule has 168 valence electrons. The maximum atomic E-state index is 12.2. The van der Waals surface area contributed by atoms with Crippen LogP contribution in [0.1, 0.15) is 23.2 Å². The lowest BCUT2D eigenvalue weighted by atomic mass is 10.1. The Labute approximate surface area is 191 Å². The number of amides is 2. The molecule has 0 aliphatic carbocycles. The van der Waals surface area contributed by atoms with Gasteiger partial charge in [0, 0.05) is 56.3 Å². The van der Waals surface area contributed by atoms with E-state index in [1.165, 1.54) is 11.3 Å². The molecular weight excluding hydrogens is 426 g/mol. The van der Waals surface area contributed by atoms with Crippen molar-refractivity contribution in [1.82, 2.24) is 14.9 Å². The Morgan fingerprint density at radius 1 is 1.31 bits per heavy atom. The van der Waals surface area contributed by atoms with E-state index in [1.807, 2.05) is 24.6 Å². The number of anilines is 2. The summed E-state index contributed by atoms with van der Waals surface area (Å²) in [5, 5.41) is 7.80. The number of benzene rings is 1. The van der Waals surface area contributed by atoms with Crippen LogP contribution in [0.3, 0.4) is 0 Å². The van der Waals surface area contributed by atoms with Gasteiger partial charge in [-0.25, -0.2) is 4.98 Å². The van der Waals surface area contributed by atoms with E-state index in [-0.39, 0.29) is 24.5 Å². The number of rotatable bonds is 7. The van der Waals surface area contributed by atoms with E-state index in [0.29, 0.717) is 10.7 Å². The molecule has 1 aliphatic heterocycles. The molecule has 3 heterocycles. The average molecular weight is 454 g/mol. The Balaban J connectivity index is 1.35. The summed E-state index contributed by atoms with van der Waals surface area (Å²) >= 11 is 1.36. The molecule has 2 aromatic heterocycles. The van der Waals surface area contributed by atoms with Gasteiger partial charge >= 0.3 is 0 Å². The van der Waals surface area contributed by atoms with Crippen LogP contribution in [0, 0.1) is 0 Å². The van der Waals surface area contributed by atoms with E-state index in [0.717, 1.165) is 42.9 Å². The predicted molar refractivity (Wildman–Crippen MR) is 126 cm³/mol. The number of hydrogen-bond acceptors (Lipinski definition) is 6. The lowest BCUT2D eigenvalue weighted by Crippen LogP contribution is -2.39. The highest BCUT2D eigenvalue weighted by molar-refractivity contribution is 7.14. The van der Waals surface area contributed by atoms with Gasteiger partial charge in [0.1, 0.15) is 0 Å². The highest BCUT2D eigenvalue weighted by Gasteiger charge is 2.20. The third-order valence-corrected chi connectivity index (χ3v) is 6.23. The summed E-state index contributed by atoms with van der Waals surface area (Å²) in [6.45, 7) is 1.77.